The summed E-state index contributed by atoms with van der Waals surface area (Å²) in [5.41, 5.74) is 1.68. The van der Waals surface area contributed by atoms with E-state index in [0.29, 0.717) is 11.4 Å². The molecule has 126 valence electrons. The van der Waals surface area contributed by atoms with Gasteiger partial charge in [-0.05, 0) is 48.9 Å². The van der Waals surface area contributed by atoms with E-state index in [-0.39, 0.29) is 18.6 Å². The van der Waals surface area contributed by atoms with E-state index in [2.05, 4.69) is 5.32 Å². The van der Waals surface area contributed by atoms with Crippen molar-refractivity contribution in [3.05, 3.63) is 70.7 Å². The molecule has 1 aliphatic carbocycles. The number of carbonyl (C=O) groups is 1. The molecule has 2 N–H and O–H groups in total. The minimum Gasteiger partial charge on any atom is -0.396 e. The largest absolute Gasteiger partial charge is 0.396 e. The van der Waals surface area contributed by atoms with Crippen LogP contribution in [0.3, 0.4) is 0 Å². The van der Waals surface area contributed by atoms with E-state index < -0.39 is 5.41 Å². The Morgan fingerprint density at radius 1 is 1.12 bits per heavy atom. The lowest BCUT2D eigenvalue weighted by atomic mass is 9.93. The third-order valence-corrected chi connectivity index (χ3v) is 4.99. The summed E-state index contributed by atoms with van der Waals surface area (Å²) >= 11 is 5.96. The molecule has 0 radical (unpaired) electrons. The van der Waals surface area contributed by atoms with Crippen molar-refractivity contribution in [3.8, 4) is 0 Å². The molecule has 3 nitrogen and oxygen atoms in total. The highest BCUT2D eigenvalue weighted by atomic mass is 35.5. The maximum absolute atomic E-state index is 13.0. The minimum absolute atomic E-state index is 0.0663. The van der Waals surface area contributed by atoms with E-state index in [9.17, 15) is 4.79 Å². The summed E-state index contributed by atoms with van der Waals surface area (Å²) in [6.45, 7) is 0.127. The number of rotatable bonds is 7. The molecule has 1 aliphatic rings. The number of aliphatic hydroxyl groups excluding tert-OH is 1. The number of carbonyl (C=O) groups excluding carboxylic acids is 1. The van der Waals surface area contributed by atoms with Crippen LogP contribution in [-0.2, 0) is 10.2 Å². The van der Waals surface area contributed by atoms with Crippen LogP contribution in [0.1, 0.15) is 42.9 Å². The van der Waals surface area contributed by atoms with Crippen molar-refractivity contribution < 1.29 is 9.90 Å². The number of hydrogen-bond donors (Lipinski definition) is 2. The Bertz CT molecular complexity index is 681. The molecular weight excluding hydrogens is 322 g/mol. The van der Waals surface area contributed by atoms with Gasteiger partial charge in [0, 0.05) is 11.6 Å². The van der Waals surface area contributed by atoms with Gasteiger partial charge in [0.1, 0.15) is 0 Å². The average molecular weight is 344 g/mol. The summed E-state index contributed by atoms with van der Waals surface area (Å²) in [4.78, 5) is 13.0. The van der Waals surface area contributed by atoms with E-state index in [1.807, 2.05) is 54.6 Å². The monoisotopic (exact) mass is 343 g/mol. The quantitative estimate of drug-likeness (QED) is 0.798. The van der Waals surface area contributed by atoms with Crippen molar-refractivity contribution in [2.45, 2.75) is 37.1 Å². The lowest BCUT2D eigenvalue weighted by Gasteiger charge is -2.23. The van der Waals surface area contributed by atoms with Gasteiger partial charge in [0.2, 0.25) is 5.91 Å². The summed E-state index contributed by atoms with van der Waals surface area (Å²) in [6.07, 6.45) is 3.11. The second-order valence-corrected chi connectivity index (χ2v) is 6.83. The molecule has 0 bridgehead atoms. The van der Waals surface area contributed by atoms with E-state index in [1.165, 1.54) is 0 Å². The van der Waals surface area contributed by atoms with E-state index in [1.54, 1.807) is 0 Å². The predicted octanol–water partition coefficient (Wildman–Crippen LogP) is 4.00. The highest BCUT2D eigenvalue weighted by molar-refractivity contribution is 6.30. The number of hydrogen-bond acceptors (Lipinski definition) is 2. The van der Waals surface area contributed by atoms with Crippen LogP contribution in [0.4, 0.5) is 0 Å². The average Bonchev–Trinajstić information content (AvgIpc) is 3.42. The van der Waals surface area contributed by atoms with Crippen LogP contribution in [-0.4, -0.2) is 17.6 Å². The molecule has 2 aromatic rings. The molecule has 3 rings (SSSR count). The fourth-order valence-electron chi connectivity index (χ4n) is 3.14. The molecule has 1 fully saturated rings. The summed E-state index contributed by atoms with van der Waals surface area (Å²) < 4.78 is 0. The topological polar surface area (TPSA) is 49.3 Å². The van der Waals surface area contributed by atoms with Gasteiger partial charge in [-0.3, -0.25) is 4.79 Å². The number of amides is 1. The van der Waals surface area contributed by atoms with E-state index in [0.717, 1.165) is 30.4 Å². The molecule has 1 atom stereocenters. The minimum atomic E-state index is -0.420. The summed E-state index contributed by atoms with van der Waals surface area (Å²) in [5.74, 6) is 0.0663. The molecule has 1 unspecified atom stereocenters. The molecular formula is C20H22ClNO2. The highest BCUT2D eigenvalue weighted by Crippen LogP contribution is 2.49. The van der Waals surface area contributed by atoms with Gasteiger partial charge in [0.25, 0.3) is 0 Å². The first-order valence-corrected chi connectivity index (χ1v) is 8.76. The fraction of sp³-hybridized carbons (Fsp3) is 0.350. The third kappa shape index (κ3) is 3.63. The standard InChI is InChI=1S/C20H22ClNO2/c21-17-10-8-16(9-11-17)20(12-13-20)19(24)22-18(7-4-14-23)15-5-2-1-3-6-15/h1-3,5-6,8-11,18,23H,4,7,12-14H2,(H,22,24). The first kappa shape index (κ1) is 17.0. The molecule has 0 aromatic heterocycles. The maximum Gasteiger partial charge on any atom is 0.231 e. The van der Waals surface area contributed by atoms with Crippen molar-refractivity contribution in [1.82, 2.24) is 5.32 Å². The Hall–Kier alpha value is -1.84. The Labute approximate surface area is 147 Å². The third-order valence-electron chi connectivity index (χ3n) is 4.74. The number of nitrogens with one attached hydrogen (secondary N) is 1. The van der Waals surface area contributed by atoms with Gasteiger partial charge in [-0.25, -0.2) is 0 Å². The molecule has 0 saturated heterocycles. The van der Waals surface area contributed by atoms with Gasteiger partial charge >= 0.3 is 0 Å². The first-order chi connectivity index (χ1) is 11.7. The molecule has 4 heteroatoms. The van der Waals surface area contributed by atoms with Crippen LogP contribution in [0.5, 0.6) is 0 Å². The second kappa shape index (κ2) is 7.37. The zero-order chi connectivity index (χ0) is 17.0. The van der Waals surface area contributed by atoms with Crippen molar-refractivity contribution in [2.75, 3.05) is 6.61 Å². The second-order valence-electron chi connectivity index (χ2n) is 6.39. The summed E-state index contributed by atoms with van der Waals surface area (Å²) in [6, 6.07) is 17.4. The Morgan fingerprint density at radius 3 is 2.38 bits per heavy atom. The van der Waals surface area contributed by atoms with Crippen molar-refractivity contribution in [2.24, 2.45) is 0 Å². The van der Waals surface area contributed by atoms with Crippen LogP contribution in [0, 0.1) is 0 Å². The molecule has 0 aliphatic heterocycles. The van der Waals surface area contributed by atoms with Gasteiger partial charge in [0.15, 0.2) is 0 Å². The normalized spacial score (nSPS) is 16.4. The van der Waals surface area contributed by atoms with Crippen molar-refractivity contribution in [1.29, 1.82) is 0 Å². The van der Waals surface area contributed by atoms with Crippen LogP contribution in [0.15, 0.2) is 54.6 Å². The van der Waals surface area contributed by atoms with Crippen LogP contribution in [0.2, 0.25) is 5.02 Å². The zero-order valence-corrected chi connectivity index (χ0v) is 14.3. The molecule has 0 heterocycles. The molecule has 1 saturated carbocycles. The first-order valence-electron chi connectivity index (χ1n) is 8.38. The van der Waals surface area contributed by atoms with Crippen molar-refractivity contribution in [3.63, 3.8) is 0 Å². The molecule has 1 amide bonds. The van der Waals surface area contributed by atoms with Gasteiger partial charge in [-0.1, -0.05) is 54.1 Å². The maximum atomic E-state index is 13.0. The number of aliphatic hydroxyl groups is 1. The molecule has 0 spiro atoms. The van der Waals surface area contributed by atoms with Crippen LogP contribution < -0.4 is 5.32 Å². The van der Waals surface area contributed by atoms with Crippen LogP contribution >= 0.6 is 11.6 Å². The summed E-state index contributed by atoms with van der Waals surface area (Å²) in [5, 5.41) is 13.0. The number of benzene rings is 2. The molecule has 2 aromatic carbocycles. The smallest absolute Gasteiger partial charge is 0.231 e. The Balaban J connectivity index is 1.77. The van der Waals surface area contributed by atoms with E-state index >= 15 is 0 Å². The summed E-state index contributed by atoms with van der Waals surface area (Å²) in [7, 11) is 0. The Kier molecular flexibility index (Phi) is 5.22. The lowest BCUT2D eigenvalue weighted by molar-refractivity contribution is -0.124. The molecule has 24 heavy (non-hydrogen) atoms. The van der Waals surface area contributed by atoms with Gasteiger partial charge in [0.05, 0.1) is 11.5 Å². The van der Waals surface area contributed by atoms with E-state index in [4.69, 9.17) is 16.7 Å². The van der Waals surface area contributed by atoms with Gasteiger partial charge < -0.3 is 10.4 Å². The van der Waals surface area contributed by atoms with Gasteiger partial charge in [-0.2, -0.15) is 0 Å². The Morgan fingerprint density at radius 2 is 1.79 bits per heavy atom. The van der Waals surface area contributed by atoms with Crippen LogP contribution in [0.25, 0.3) is 0 Å². The zero-order valence-electron chi connectivity index (χ0n) is 13.5. The van der Waals surface area contributed by atoms with Gasteiger partial charge in [-0.15, -0.1) is 0 Å². The number of halogens is 1. The highest BCUT2D eigenvalue weighted by Gasteiger charge is 2.51. The fourth-order valence-corrected chi connectivity index (χ4v) is 3.27. The predicted molar refractivity (Wildman–Crippen MR) is 96.0 cm³/mol. The SMILES string of the molecule is O=C(NC(CCCO)c1ccccc1)C1(c2ccc(Cl)cc2)CC1. The lowest BCUT2D eigenvalue weighted by Crippen LogP contribution is -2.37. The van der Waals surface area contributed by atoms with Crippen molar-refractivity contribution >= 4 is 17.5 Å².